The average Bonchev–Trinajstić information content (AvgIpc) is 2.85. The molecule has 0 saturated heterocycles. The molecule has 0 aliphatic carbocycles. The first-order valence-electron chi connectivity index (χ1n) is 7.33. The van der Waals surface area contributed by atoms with Gasteiger partial charge in [-0.1, -0.05) is 18.2 Å². The van der Waals surface area contributed by atoms with Gasteiger partial charge in [-0.05, 0) is 41.8 Å². The third-order valence-corrected chi connectivity index (χ3v) is 4.58. The van der Waals surface area contributed by atoms with Gasteiger partial charge in [0, 0.05) is 24.1 Å². The first-order chi connectivity index (χ1) is 10.6. The molecule has 1 amide bonds. The van der Waals surface area contributed by atoms with Gasteiger partial charge < -0.3 is 5.11 Å². The number of ketones is 1. The number of phenolic OH excluding ortho intramolecular Hbond substituents is 1. The zero-order valence-corrected chi connectivity index (χ0v) is 12.2. The van der Waals surface area contributed by atoms with Gasteiger partial charge in [0.2, 0.25) is 0 Å². The second-order valence-electron chi connectivity index (χ2n) is 5.96. The van der Waals surface area contributed by atoms with Crippen LogP contribution in [0.15, 0.2) is 36.4 Å². The molecule has 0 spiro atoms. The van der Waals surface area contributed by atoms with Gasteiger partial charge in [-0.3, -0.25) is 14.5 Å². The topological polar surface area (TPSA) is 57.6 Å². The number of benzene rings is 2. The SMILES string of the molecule is Cc1cc2c(cc1O)CC(=O)[C@@H]1Cc3ccccc3N1C2=O. The molecule has 4 rings (SSSR count). The van der Waals surface area contributed by atoms with Crippen LogP contribution < -0.4 is 4.90 Å². The predicted octanol–water partition coefficient (Wildman–Crippen LogP) is 2.40. The largest absolute Gasteiger partial charge is 0.508 e. The van der Waals surface area contributed by atoms with Crippen molar-refractivity contribution in [2.24, 2.45) is 0 Å². The number of amides is 1. The lowest BCUT2D eigenvalue weighted by Gasteiger charge is -2.22. The molecular formula is C18H15NO3. The molecule has 0 aromatic heterocycles. The fraction of sp³-hybridized carbons (Fsp3) is 0.222. The number of hydrogen-bond donors (Lipinski definition) is 1. The lowest BCUT2D eigenvalue weighted by molar-refractivity contribution is -0.119. The third kappa shape index (κ3) is 1.70. The number of anilines is 1. The molecule has 0 unspecified atom stereocenters. The Hall–Kier alpha value is -2.62. The molecule has 2 aromatic rings. The van der Waals surface area contributed by atoms with Crippen LogP contribution in [-0.2, 0) is 17.6 Å². The van der Waals surface area contributed by atoms with E-state index in [0.29, 0.717) is 23.1 Å². The van der Waals surface area contributed by atoms with Crippen LogP contribution in [0.3, 0.4) is 0 Å². The fourth-order valence-electron chi connectivity index (χ4n) is 3.42. The minimum absolute atomic E-state index is 0.0200. The number of rotatable bonds is 0. The fourth-order valence-corrected chi connectivity index (χ4v) is 3.42. The van der Waals surface area contributed by atoms with Crippen LogP contribution in [0.1, 0.15) is 27.0 Å². The predicted molar refractivity (Wildman–Crippen MR) is 82.3 cm³/mol. The Kier molecular flexibility index (Phi) is 2.64. The van der Waals surface area contributed by atoms with Crippen molar-refractivity contribution in [3.05, 3.63) is 58.7 Å². The first kappa shape index (κ1) is 13.1. The van der Waals surface area contributed by atoms with Crippen molar-refractivity contribution >= 4 is 17.4 Å². The van der Waals surface area contributed by atoms with E-state index in [1.54, 1.807) is 24.0 Å². The molecule has 0 fully saturated rings. The normalized spacial score (nSPS) is 19.5. The zero-order valence-electron chi connectivity index (χ0n) is 12.2. The van der Waals surface area contributed by atoms with E-state index in [9.17, 15) is 14.7 Å². The summed E-state index contributed by atoms with van der Waals surface area (Å²) < 4.78 is 0. The van der Waals surface area contributed by atoms with Gasteiger partial charge in [-0.15, -0.1) is 0 Å². The summed E-state index contributed by atoms with van der Waals surface area (Å²) in [6.07, 6.45) is 0.754. The molecule has 2 aliphatic heterocycles. The van der Waals surface area contributed by atoms with Crippen molar-refractivity contribution in [1.82, 2.24) is 0 Å². The molecule has 0 bridgehead atoms. The number of aromatic hydroxyl groups is 1. The van der Waals surface area contributed by atoms with E-state index >= 15 is 0 Å². The van der Waals surface area contributed by atoms with Crippen molar-refractivity contribution in [3.63, 3.8) is 0 Å². The van der Waals surface area contributed by atoms with Crippen molar-refractivity contribution in [2.75, 3.05) is 4.90 Å². The lowest BCUT2D eigenvalue weighted by atomic mass is 9.97. The number of phenols is 1. The Morgan fingerprint density at radius 2 is 1.91 bits per heavy atom. The maximum atomic E-state index is 13.0. The van der Waals surface area contributed by atoms with E-state index in [2.05, 4.69) is 0 Å². The van der Waals surface area contributed by atoms with Crippen LogP contribution in [0, 0.1) is 6.92 Å². The standard InChI is InChI=1S/C18H15NO3/c1-10-6-13-12(8-16(10)20)9-17(21)15-7-11-4-2-3-5-14(11)19(15)18(13)22/h2-6,8,15,20H,7,9H2,1H3/t15-/m0/s1. The Labute approximate surface area is 128 Å². The van der Waals surface area contributed by atoms with Crippen LogP contribution in [0.4, 0.5) is 5.69 Å². The van der Waals surface area contributed by atoms with Crippen molar-refractivity contribution in [2.45, 2.75) is 25.8 Å². The maximum Gasteiger partial charge on any atom is 0.259 e. The number of nitrogens with zero attached hydrogens (tertiary/aromatic N) is 1. The summed E-state index contributed by atoms with van der Waals surface area (Å²) in [5.41, 5.74) is 3.64. The van der Waals surface area contributed by atoms with Gasteiger partial charge in [0.05, 0.1) is 0 Å². The van der Waals surface area contributed by atoms with Gasteiger partial charge in [-0.2, -0.15) is 0 Å². The number of carbonyl (C=O) groups excluding carboxylic acids is 2. The quantitative estimate of drug-likeness (QED) is 0.811. The molecular weight excluding hydrogens is 278 g/mol. The highest BCUT2D eigenvalue weighted by atomic mass is 16.3. The molecule has 0 radical (unpaired) electrons. The molecule has 22 heavy (non-hydrogen) atoms. The minimum Gasteiger partial charge on any atom is -0.508 e. The summed E-state index contributed by atoms with van der Waals surface area (Å²) in [6, 6.07) is 10.5. The highest BCUT2D eigenvalue weighted by Crippen LogP contribution is 2.37. The van der Waals surface area contributed by atoms with Gasteiger partial charge in [0.15, 0.2) is 5.78 Å². The Balaban J connectivity index is 1.92. The molecule has 2 heterocycles. The Morgan fingerprint density at radius 3 is 2.73 bits per heavy atom. The Bertz CT molecular complexity index is 825. The molecule has 110 valence electrons. The summed E-state index contributed by atoms with van der Waals surface area (Å²) in [6.45, 7) is 1.75. The van der Waals surface area contributed by atoms with E-state index in [1.807, 2.05) is 24.3 Å². The van der Waals surface area contributed by atoms with Crippen LogP contribution in [-0.4, -0.2) is 22.8 Å². The van der Waals surface area contributed by atoms with Crippen LogP contribution in [0.2, 0.25) is 0 Å². The zero-order chi connectivity index (χ0) is 15.4. The molecule has 0 saturated carbocycles. The highest BCUT2D eigenvalue weighted by molar-refractivity contribution is 6.15. The van der Waals surface area contributed by atoms with Crippen molar-refractivity contribution in [1.29, 1.82) is 0 Å². The average molecular weight is 293 g/mol. The third-order valence-electron chi connectivity index (χ3n) is 4.58. The number of aryl methyl sites for hydroxylation is 1. The van der Waals surface area contributed by atoms with E-state index in [1.165, 1.54) is 0 Å². The molecule has 1 atom stereocenters. The van der Waals surface area contributed by atoms with Crippen molar-refractivity contribution < 1.29 is 14.7 Å². The number of Topliss-reactive ketones (excluding diaryl/α,β-unsaturated/α-hetero) is 1. The molecule has 4 heteroatoms. The summed E-state index contributed by atoms with van der Waals surface area (Å²) in [5, 5.41) is 9.86. The summed E-state index contributed by atoms with van der Waals surface area (Å²) >= 11 is 0. The number of hydrogen-bond acceptors (Lipinski definition) is 3. The minimum atomic E-state index is -0.431. The maximum absolute atomic E-state index is 13.0. The molecule has 1 N–H and O–H groups in total. The summed E-state index contributed by atoms with van der Waals surface area (Å²) in [7, 11) is 0. The van der Waals surface area contributed by atoms with E-state index < -0.39 is 6.04 Å². The smallest absolute Gasteiger partial charge is 0.259 e. The van der Waals surface area contributed by atoms with Gasteiger partial charge in [0.25, 0.3) is 5.91 Å². The molecule has 2 aliphatic rings. The summed E-state index contributed by atoms with van der Waals surface area (Å²) in [4.78, 5) is 27.2. The second-order valence-corrected chi connectivity index (χ2v) is 5.96. The van der Waals surface area contributed by atoms with E-state index in [-0.39, 0.29) is 23.9 Å². The van der Waals surface area contributed by atoms with Crippen LogP contribution in [0.25, 0.3) is 0 Å². The molecule has 2 aromatic carbocycles. The van der Waals surface area contributed by atoms with Gasteiger partial charge >= 0.3 is 0 Å². The van der Waals surface area contributed by atoms with Crippen LogP contribution >= 0.6 is 0 Å². The van der Waals surface area contributed by atoms with Gasteiger partial charge in [-0.25, -0.2) is 0 Å². The van der Waals surface area contributed by atoms with Gasteiger partial charge in [0.1, 0.15) is 11.8 Å². The monoisotopic (exact) mass is 293 g/mol. The van der Waals surface area contributed by atoms with Crippen molar-refractivity contribution in [3.8, 4) is 5.75 Å². The molecule has 4 nitrogen and oxygen atoms in total. The van der Waals surface area contributed by atoms with Crippen LogP contribution in [0.5, 0.6) is 5.75 Å². The second kappa shape index (κ2) is 4.44. The highest BCUT2D eigenvalue weighted by Gasteiger charge is 2.41. The lowest BCUT2D eigenvalue weighted by Crippen LogP contribution is -2.41. The number of carbonyl (C=O) groups is 2. The number of para-hydroxylation sites is 1. The number of fused-ring (bicyclic) bond motifs is 4. The summed E-state index contributed by atoms with van der Waals surface area (Å²) in [5.74, 6) is -0.00716. The van der Waals surface area contributed by atoms with E-state index in [4.69, 9.17) is 0 Å². The van der Waals surface area contributed by atoms with E-state index in [0.717, 1.165) is 11.3 Å². The Morgan fingerprint density at radius 1 is 1.14 bits per heavy atom. The first-order valence-corrected chi connectivity index (χ1v) is 7.33.